The van der Waals surface area contributed by atoms with Gasteiger partial charge in [-0.05, 0) is 91.7 Å². The van der Waals surface area contributed by atoms with Crippen LogP contribution >= 0.6 is 11.3 Å². The van der Waals surface area contributed by atoms with Gasteiger partial charge in [-0.3, -0.25) is 0 Å². The van der Waals surface area contributed by atoms with E-state index in [1.54, 1.807) is 0 Å². The van der Waals surface area contributed by atoms with Crippen LogP contribution in [0, 0.1) is 0 Å². The molecule has 0 aliphatic heterocycles. The minimum Gasteiger partial charge on any atom is -0.310 e. The van der Waals surface area contributed by atoms with Crippen LogP contribution in [0.2, 0.25) is 0 Å². The molecule has 0 radical (unpaired) electrons. The molecule has 10 aromatic rings. The highest BCUT2D eigenvalue weighted by Gasteiger charge is 2.21. The number of benzene rings is 9. The Kier molecular flexibility index (Phi) is 8.09. The van der Waals surface area contributed by atoms with E-state index in [2.05, 4.69) is 217 Å². The molecule has 0 spiro atoms. The van der Waals surface area contributed by atoms with Crippen LogP contribution in [-0.4, -0.2) is 0 Å². The molecule has 2 heteroatoms. The van der Waals surface area contributed by atoms with Crippen LogP contribution in [0.15, 0.2) is 212 Å². The number of nitrogens with zero attached hydrogens (tertiary/aromatic N) is 1. The van der Waals surface area contributed by atoms with E-state index >= 15 is 0 Å². The van der Waals surface area contributed by atoms with Gasteiger partial charge in [0.2, 0.25) is 0 Å². The highest BCUT2D eigenvalue weighted by molar-refractivity contribution is 7.26. The first-order valence-corrected chi connectivity index (χ1v) is 19.2. The van der Waals surface area contributed by atoms with Gasteiger partial charge in [-0.25, -0.2) is 0 Å². The molecule has 0 aliphatic carbocycles. The summed E-state index contributed by atoms with van der Waals surface area (Å²) in [6.07, 6.45) is 0. The maximum Gasteiger partial charge on any atom is 0.0561 e. The van der Waals surface area contributed by atoms with E-state index in [4.69, 9.17) is 0 Å². The van der Waals surface area contributed by atoms with E-state index in [0.717, 1.165) is 11.4 Å². The lowest BCUT2D eigenvalue weighted by Gasteiger charge is -2.27. The Bertz CT molecular complexity index is 2790. The van der Waals surface area contributed by atoms with Crippen molar-refractivity contribution < 1.29 is 0 Å². The molecular weight excluding hydrogens is 671 g/mol. The summed E-state index contributed by atoms with van der Waals surface area (Å²) in [4.78, 5) is 2.45. The number of hydrogen-bond acceptors (Lipinski definition) is 2. The molecule has 1 aromatic heterocycles. The van der Waals surface area contributed by atoms with Crippen molar-refractivity contribution in [3.05, 3.63) is 212 Å². The number of anilines is 3. The standard InChI is InChI=1S/C52H35NS/c1-4-12-36(13-5-1)39-20-22-42(23-21-39)43-28-33-48-50(35-43)54-52-47-19-11-10-18-44(47)34-49(51(48)52)53(45-29-24-40(25-30-45)37-14-6-2-7-15-37)46-31-26-41(27-32-46)38-16-8-3-9-17-38/h1-35H. The Morgan fingerprint density at radius 2 is 0.722 bits per heavy atom. The molecule has 0 N–H and O–H groups in total. The summed E-state index contributed by atoms with van der Waals surface area (Å²) in [6, 6.07) is 77.0. The highest BCUT2D eigenvalue weighted by atomic mass is 32.1. The van der Waals surface area contributed by atoms with Gasteiger partial charge in [0, 0.05) is 31.5 Å². The van der Waals surface area contributed by atoms with Crippen molar-refractivity contribution in [2.45, 2.75) is 0 Å². The summed E-state index contributed by atoms with van der Waals surface area (Å²) in [7, 11) is 0. The minimum atomic E-state index is 1.12. The predicted molar refractivity (Wildman–Crippen MR) is 233 cm³/mol. The number of thiophene rings is 1. The molecule has 0 saturated carbocycles. The van der Waals surface area contributed by atoms with Gasteiger partial charge >= 0.3 is 0 Å². The molecular formula is C52H35NS. The zero-order valence-electron chi connectivity index (χ0n) is 29.6. The Labute approximate surface area is 319 Å². The normalized spacial score (nSPS) is 11.3. The van der Waals surface area contributed by atoms with Gasteiger partial charge < -0.3 is 4.90 Å². The maximum atomic E-state index is 2.45. The van der Waals surface area contributed by atoms with Gasteiger partial charge in [0.25, 0.3) is 0 Å². The van der Waals surface area contributed by atoms with Gasteiger partial charge in [0.1, 0.15) is 0 Å². The van der Waals surface area contributed by atoms with Crippen molar-refractivity contribution in [3.8, 4) is 44.5 Å². The molecule has 0 saturated heterocycles. The smallest absolute Gasteiger partial charge is 0.0561 e. The molecule has 10 rings (SSSR count). The maximum absolute atomic E-state index is 2.45. The highest BCUT2D eigenvalue weighted by Crippen LogP contribution is 2.49. The third-order valence-corrected chi connectivity index (χ3v) is 11.7. The zero-order valence-corrected chi connectivity index (χ0v) is 30.4. The molecule has 0 fully saturated rings. The van der Waals surface area contributed by atoms with Gasteiger partial charge in [0.05, 0.1) is 5.69 Å². The average molecular weight is 706 g/mol. The van der Waals surface area contributed by atoms with Gasteiger partial charge in [-0.15, -0.1) is 11.3 Å². The van der Waals surface area contributed by atoms with Crippen LogP contribution in [0.3, 0.4) is 0 Å². The molecule has 0 atom stereocenters. The molecule has 54 heavy (non-hydrogen) atoms. The molecule has 254 valence electrons. The van der Waals surface area contributed by atoms with Crippen LogP contribution in [0.25, 0.3) is 75.5 Å². The summed E-state index contributed by atoms with van der Waals surface area (Å²) < 4.78 is 2.59. The molecule has 1 heterocycles. The topological polar surface area (TPSA) is 3.24 Å². The lowest BCUT2D eigenvalue weighted by Crippen LogP contribution is -2.10. The first kappa shape index (κ1) is 32.0. The SMILES string of the molecule is c1ccc(-c2ccc(-c3ccc4c(c3)sc3c5ccccc5cc(N(c5ccc(-c6ccccc6)cc5)c5ccc(-c6ccccc6)cc5)c43)cc2)cc1. The summed E-state index contributed by atoms with van der Waals surface area (Å²) >= 11 is 1.89. The third kappa shape index (κ3) is 5.84. The van der Waals surface area contributed by atoms with E-state index < -0.39 is 0 Å². The zero-order chi connectivity index (χ0) is 35.8. The van der Waals surface area contributed by atoms with Crippen molar-refractivity contribution in [2.75, 3.05) is 4.90 Å². The Hall–Kier alpha value is -6.74. The fourth-order valence-corrected chi connectivity index (χ4v) is 9.02. The van der Waals surface area contributed by atoms with Crippen molar-refractivity contribution in [3.63, 3.8) is 0 Å². The van der Waals surface area contributed by atoms with E-state index in [9.17, 15) is 0 Å². The average Bonchev–Trinajstić information content (AvgIpc) is 3.65. The van der Waals surface area contributed by atoms with Crippen LogP contribution in [-0.2, 0) is 0 Å². The van der Waals surface area contributed by atoms with Crippen molar-refractivity contribution >= 4 is 59.3 Å². The van der Waals surface area contributed by atoms with Crippen LogP contribution in [0.4, 0.5) is 17.1 Å². The number of fused-ring (bicyclic) bond motifs is 5. The monoisotopic (exact) mass is 705 g/mol. The van der Waals surface area contributed by atoms with E-state index in [1.807, 2.05) is 11.3 Å². The van der Waals surface area contributed by atoms with E-state index in [0.29, 0.717) is 0 Å². The molecule has 0 amide bonds. The molecule has 9 aromatic carbocycles. The van der Waals surface area contributed by atoms with Gasteiger partial charge in [-0.2, -0.15) is 0 Å². The molecule has 0 unspecified atom stereocenters. The van der Waals surface area contributed by atoms with Crippen molar-refractivity contribution in [1.29, 1.82) is 0 Å². The van der Waals surface area contributed by atoms with Crippen LogP contribution in [0.1, 0.15) is 0 Å². The third-order valence-electron chi connectivity index (χ3n) is 10.5. The van der Waals surface area contributed by atoms with Gasteiger partial charge in [0.15, 0.2) is 0 Å². The largest absolute Gasteiger partial charge is 0.310 e. The quantitative estimate of drug-likeness (QED) is 0.160. The second-order valence-electron chi connectivity index (χ2n) is 13.7. The first-order chi connectivity index (χ1) is 26.8. The Morgan fingerprint density at radius 3 is 1.24 bits per heavy atom. The fraction of sp³-hybridized carbons (Fsp3) is 0. The predicted octanol–water partition coefficient (Wildman–Crippen LogP) is 15.3. The van der Waals surface area contributed by atoms with E-state index in [1.165, 1.54) is 81.1 Å². The van der Waals surface area contributed by atoms with Crippen molar-refractivity contribution in [1.82, 2.24) is 0 Å². The first-order valence-electron chi connectivity index (χ1n) is 18.4. The molecule has 0 aliphatic rings. The fourth-order valence-electron chi connectivity index (χ4n) is 7.73. The summed E-state index contributed by atoms with van der Waals surface area (Å²) in [5.74, 6) is 0. The minimum absolute atomic E-state index is 1.12. The Morgan fingerprint density at radius 1 is 0.315 bits per heavy atom. The lowest BCUT2D eigenvalue weighted by atomic mass is 9.98. The molecule has 0 bridgehead atoms. The summed E-state index contributed by atoms with van der Waals surface area (Å²) in [5, 5.41) is 5.06. The van der Waals surface area contributed by atoms with Crippen LogP contribution in [0.5, 0.6) is 0 Å². The van der Waals surface area contributed by atoms with E-state index in [-0.39, 0.29) is 0 Å². The second-order valence-corrected chi connectivity index (χ2v) is 14.8. The second kappa shape index (κ2) is 13.7. The number of rotatable bonds is 7. The van der Waals surface area contributed by atoms with Gasteiger partial charge in [-0.1, -0.05) is 176 Å². The lowest BCUT2D eigenvalue weighted by molar-refractivity contribution is 1.30. The summed E-state index contributed by atoms with van der Waals surface area (Å²) in [5.41, 5.74) is 13.2. The molecule has 1 nitrogen and oxygen atoms in total. The summed E-state index contributed by atoms with van der Waals surface area (Å²) in [6.45, 7) is 0. The van der Waals surface area contributed by atoms with Crippen LogP contribution < -0.4 is 4.90 Å². The van der Waals surface area contributed by atoms with Crippen molar-refractivity contribution in [2.24, 2.45) is 0 Å². The Balaban J connectivity index is 1.15. The number of hydrogen-bond donors (Lipinski definition) is 0.